The van der Waals surface area contributed by atoms with Crippen LogP contribution in [-0.4, -0.2) is 78.4 Å². The minimum Gasteiger partial charge on any atom is -0.467 e. The van der Waals surface area contributed by atoms with E-state index in [1.807, 2.05) is 18.2 Å². The van der Waals surface area contributed by atoms with Gasteiger partial charge in [-0.25, -0.2) is 8.78 Å². The predicted molar refractivity (Wildman–Crippen MR) is 157 cm³/mol. The summed E-state index contributed by atoms with van der Waals surface area (Å²) in [5, 5.41) is 11.9. The molecule has 1 aliphatic carbocycles. The van der Waals surface area contributed by atoms with Gasteiger partial charge in [-0.3, -0.25) is 9.88 Å². The maximum Gasteiger partial charge on any atom is 0.318 e. The van der Waals surface area contributed by atoms with Gasteiger partial charge >= 0.3 is 6.01 Å². The minimum absolute atomic E-state index is 0.149. The number of nitrogens with one attached hydrogen (secondary N) is 1. The Bertz CT molecular complexity index is 1400. The van der Waals surface area contributed by atoms with Crippen LogP contribution >= 0.6 is 11.6 Å². The maximum absolute atomic E-state index is 15.7. The number of hydrogen-bond donors (Lipinski definition) is 1. The van der Waals surface area contributed by atoms with Crippen LogP contribution in [0.5, 0.6) is 6.01 Å². The molecule has 11 heteroatoms. The number of halogens is 3. The molecule has 1 N–H and O–H groups in total. The van der Waals surface area contributed by atoms with E-state index in [-0.39, 0.29) is 17.2 Å². The van der Waals surface area contributed by atoms with Crippen LogP contribution in [0.3, 0.4) is 0 Å². The molecular weight excluding hydrogens is 548 g/mol. The first-order valence-electron chi connectivity index (χ1n) is 14.3. The van der Waals surface area contributed by atoms with Crippen LogP contribution < -0.4 is 15.0 Å². The van der Waals surface area contributed by atoms with Crippen molar-refractivity contribution in [3.05, 3.63) is 40.8 Å². The molecule has 1 saturated carbocycles. The lowest BCUT2D eigenvalue weighted by Crippen LogP contribution is -2.44. The molecule has 8 nitrogen and oxygen atoms in total. The van der Waals surface area contributed by atoms with Gasteiger partial charge in [-0.05, 0) is 56.2 Å². The van der Waals surface area contributed by atoms with Crippen molar-refractivity contribution < 1.29 is 13.5 Å². The number of nitrogens with zero attached hydrogens (tertiary/aromatic N) is 6. The number of hydrogen-bond acceptors (Lipinski definition) is 8. The molecule has 3 saturated heterocycles. The number of methoxy groups -OCH3 is 1. The van der Waals surface area contributed by atoms with Crippen LogP contribution in [0.25, 0.3) is 22.2 Å². The van der Waals surface area contributed by atoms with Gasteiger partial charge in [-0.1, -0.05) is 23.7 Å². The van der Waals surface area contributed by atoms with Crippen LogP contribution in [0.4, 0.5) is 14.6 Å². The fourth-order valence-corrected chi connectivity index (χ4v) is 6.30. The number of pyridine rings is 1. The van der Waals surface area contributed by atoms with Crippen LogP contribution in [0, 0.1) is 17.1 Å². The Morgan fingerprint density at radius 2 is 1.90 bits per heavy atom. The van der Waals surface area contributed by atoms with E-state index < -0.39 is 12.0 Å². The summed E-state index contributed by atoms with van der Waals surface area (Å²) < 4.78 is 33.6. The number of anilines is 1. The molecule has 218 valence electrons. The third-order valence-electron chi connectivity index (χ3n) is 8.00. The van der Waals surface area contributed by atoms with Gasteiger partial charge in [0.1, 0.15) is 23.2 Å². The first kappa shape index (κ1) is 29.4. The number of benzene rings is 1. The molecule has 1 aromatic carbocycles. The number of fused-ring (bicyclic) bond motifs is 2. The summed E-state index contributed by atoms with van der Waals surface area (Å²) in [5.41, 5.74) is 2.20. The lowest BCUT2D eigenvalue weighted by Gasteiger charge is -2.29. The van der Waals surface area contributed by atoms with Gasteiger partial charge in [0.05, 0.1) is 18.6 Å². The number of rotatable bonds is 4. The van der Waals surface area contributed by atoms with E-state index in [0.29, 0.717) is 34.7 Å². The highest BCUT2D eigenvalue weighted by Crippen LogP contribution is 2.48. The molecule has 5 heterocycles. The fourth-order valence-electron chi connectivity index (χ4n) is 5.98. The van der Waals surface area contributed by atoms with Crippen molar-refractivity contribution in [2.24, 2.45) is 0 Å². The minimum atomic E-state index is -0.518. The van der Waals surface area contributed by atoms with Gasteiger partial charge in [-0.15, -0.1) is 0 Å². The largest absolute Gasteiger partial charge is 0.467 e. The van der Waals surface area contributed by atoms with Crippen molar-refractivity contribution in [1.82, 2.24) is 25.2 Å². The fraction of sp³-hybridized carbons (Fsp3) is 0.533. The van der Waals surface area contributed by atoms with Crippen LogP contribution in [0.15, 0.2) is 24.4 Å². The summed E-state index contributed by atoms with van der Waals surface area (Å²) in [7, 11) is 1.49. The third kappa shape index (κ3) is 6.53. The maximum atomic E-state index is 15.7. The molecule has 0 bridgehead atoms. The topological polar surface area (TPSA) is 90.2 Å². The predicted octanol–water partition coefficient (Wildman–Crippen LogP) is 5.50. The second-order valence-corrected chi connectivity index (χ2v) is 11.2. The molecule has 4 fully saturated rings. The quantitative estimate of drug-likeness (QED) is 0.430. The van der Waals surface area contributed by atoms with E-state index in [1.165, 1.54) is 26.9 Å². The highest BCUT2D eigenvalue weighted by atomic mass is 35.5. The number of piperazine rings is 1. The van der Waals surface area contributed by atoms with Crippen LogP contribution in [-0.2, 0) is 0 Å². The van der Waals surface area contributed by atoms with E-state index in [9.17, 15) is 4.39 Å². The second-order valence-electron chi connectivity index (χ2n) is 10.8. The number of aromatic nitrogens is 3. The number of alkyl halides is 1. The summed E-state index contributed by atoms with van der Waals surface area (Å²) in [4.78, 5) is 17.7. The van der Waals surface area contributed by atoms with Gasteiger partial charge in [-0.2, -0.15) is 15.2 Å². The highest BCUT2D eigenvalue weighted by Gasteiger charge is 2.35. The Labute approximate surface area is 244 Å². The lowest BCUT2D eigenvalue weighted by atomic mass is 9.99. The van der Waals surface area contributed by atoms with Gasteiger partial charge in [0.25, 0.3) is 0 Å². The van der Waals surface area contributed by atoms with Crippen molar-refractivity contribution in [2.45, 2.75) is 57.2 Å². The SMILES string of the molecule is CC#N.COc1nc(N2CCNCC2)c2cnc(-c3cccc(Cl)c3C3CC3)c(F)c2n1.FC1CC2CCCN2C1. The van der Waals surface area contributed by atoms with Gasteiger partial charge < -0.3 is 15.0 Å². The van der Waals surface area contributed by atoms with Crippen molar-refractivity contribution in [3.63, 3.8) is 0 Å². The first-order chi connectivity index (χ1) is 19.9. The Balaban J connectivity index is 0.000000234. The summed E-state index contributed by atoms with van der Waals surface area (Å²) in [6.07, 6.45) is 6.61. The Morgan fingerprint density at radius 1 is 1.15 bits per heavy atom. The zero-order chi connectivity index (χ0) is 28.9. The summed E-state index contributed by atoms with van der Waals surface area (Å²) in [5.74, 6) is 0.551. The van der Waals surface area contributed by atoms with Gasteiger partial charge in [0, 0.05) is 62.5 Å². The van der Waals surface area contributed by atoms with Crippen molar-refractivity contribution in [1.29, 1.82) is 5.26 Å². The molecule has 41 heavy (non-hydrogen) atoms. The zero-order valence-electron chi connectivity index (χ0n) is 23.5. The van der Waals surface area contributed by atoms with Gasteiger partial charge in [0.2, 0.25) is 0 Å². The standard InChI is InChI=1S/C21H21ClFN5O.C7H12FN.C2H3N/c1-29-21-26-19-14(20(27-21)28-9-7-24-8-10-28)11-25-18(17(19)23)13-3-2-4-15(22)16(13)12-5-6-12;8-6-4-7-2-1-3-9(7)5-6;1-2-3/h2-4,11-12,24H,5-10H2,1H3;6-7H,1-5H2;1H3. The first-order valence-corrected chi connectivity index (χ1v) is 14.7. The van der Waals surface area contributed by atoms with E-state index >= 15 is 4.39 Å². The van der Waals surface area contributed by atoms with E-state index in [0.717, 1.165) is 63.1 Å². The summed E-state index contributed by atoms with van der Waals surface area (Å²) >= 11 is 6.45. The molecule has 2 atom stereocenters. The Morgan fingerprint density at radius 3 is 2.59 bits per heavy atom. The molecule has 3 aliphatic heterocycles. The van der Waals surface area contributed by atoms with Crippen LogP contribution in [0.1, 0.15) is 50.5 Å². The number of nitriles is 1. The summed E-state index contributed by atoms with van der Waals surface area (Å²) in [6.45, 7) is 6.53. The van der Waals surface area contributed by atoms with Crippen molar-refractivity contribution >= 4 is 28.3 Å². The average Bonchev–Trinajstić information content (AvgIpc) is 3.63. The summed E-state index contributed by atoms with van der Waals surface area (Å²) in [6, 6.07) is 8.08. The molecule has 0 amide bonds. The Kier molecular flexibility index (Phi) is 9.48. The molecular formula is C30H36ClF2N7O. The monoisotopic (exact) mass is 583 g/mol. The van der Waals surface area contributed by atoms with Crippen LogP contribution in [0.2, 0.25) is 5.02 Å². The second kappa shape index (κ2) is 13.2. The molecule has 7 rings (SSSR count). The molecule has 2 aromatic heterocycles. The molecule has 2 unspecified atom stereocenters. The lowest BCUT2D eigenvalue weighted by molar-refractivity contribution is 0.292. The number of ether oxygens (including phenoxy) is 1. The van der Waals surface area contributed by atoms with E-state index in [1.54, 1.807) is 12.3 Å². The smallest absolute Gasteiger partial charge is 0.318 e. The normalized spacial score (nSPS) is 21.8. The molecule has 4 aliphatic rings. The van der Waals surface area contributed by atoms with Crippen molar-refractivity contribution in [2.75, 3.05) is 51.3 Å². The molecule has 0 spiro atoms. The third-order valence-corrected chi connectivity index (χ3v) is 8.33. The molecule has 3 aromatic rings. The van der Waals surface area contributed by atoms with E-state index in [4.69, 9.17) is 21.6 Å². The Hall–Kier alpha value is -3.13. The average molecular weight is 584 g/mol. The van der Waals surface area contributed by atoms with E-state index in [2.05, 4.69) is 30.1 Å². The zero-order valence-corrected chi connectivity index (χ0v) is 24.3. The van der Waals surface area contributed by atoms with Crippen molar-refractivity contribution in [3.8, 4) is 23.3 Å². The molecule has 0 radical (unpaired) electrons. The highest BCUT2D eigenvalue weighted by molar-refractivity contribution is 6.31. The van der Waals surface area contributed by atoms with Gasteiger partial charge in [0.15, 0.2) is 5.82 Å².